The highest BCUT2D eigenvalue weighted by Gasteiger charge is 2.26. The minimum absolute atomic E-state index is 0.358. The van der Waals surface area contributed by atoms with Gasteiger partial charge < -0.3 is 14.7 Å². The maximum atomic E-state index is 10.3. The Bertz CT molecular complexity index is 631. The summed E-state index contributed by atoms with van der Waals surface area (Å²) in [5.74, 6) is 2.31. The SMILES string of the molecule is C[C@@H]1C[C@H](C)C[NH+](C[C@H](O)COc2ccc(-c3ccccc3)cc2)C1. The Balaban J connectivity index is 1.48. The minimum Gasteiger partial charge on any atom is -0.491 e. The summed E-state index contributed by atoms with van der Waals surface area (Å²) in [6.45, 7) is 8.08. The van der Waals surface area contributed by atoms with E-state index in [1.54, 1.807) is 0 Å². The van der Waals surface area contributed by atoms with Crippen LogP contribution in [0.15, 0.2) is 54.6 Å². The molecule has 0 amide bonds. The van der Waals surface area contributed by atoms with Crippen LogP contribution in [0.25, 0.3) is 11.1 Å². The predicted molar refractivity (Wildman–Crippen MR) is 102 cm³/mol. The van der Waals surface area contributed by atoms with Crippen molar-refractivity contribution in [1.29, 1.82) is 0 Å². The summed E-state index contributed by atoms with van der Waals surface area (Å²) in [5.41, 5.74) is 2.38. The van der Waals surface area contributed by atoms with Gasteiger partial charge in [-0.15, -0.1) is 0 Å². The van der Waals surface area contributed by atoms with Gasteiger partial charge in [-0.2, -0.15) is 0 Å². The van der Waals surface area contributed by atoms with Gasteiger partial charge in [0, 0.05) is 11.8 Å². The Morgan fingerprint density at radius 3 is 2.20 bits per heavy atom. The zero-order valence-electron chi connectivity index (χ0n) is 15.3. The molecule has 2 aromatic carbocycles. The molecule has 0 bridgehead atoms. The van der Waals surface area contributed by atoms with Crippen molar-refractivity contribution in [3.63, 3.8) is 0 Å². The molecule has 0 aliphatic carbocycles. The molecule has 0 saturated carbocycles. The van der Waals surface area contributed by atoms with E-state index < -0.39 is 6.10 Å². The molecule has 0 radical (unpaired) electrons. The molecular weight excluding hydrogens is 310 g/mol. The number of quaternary nitrogens is 1. The first-order valence-corrected chi connectivity index (χ1v) is 9.40. The second-order valence-electron chi connectivity index (χ2n) is 7.66. The van der Waals surface area contributed by atoms with Gasteiger partial charge >= 0.3 is 0 Å². The fraction of sp³-hybridized carbons (Fsp3) is 0.455. The lowest BCUT2D eigenvalue weighted by atomic mass is 9.92. The molecule has 25 heavy (non-hydrogen) atoms. The molecule has 1 aliphatic heterocycles. The number of benzene rings is 2. The molecule has 0 aromatic heterocycles. The molecule has 1 unspecified atom stereocenters. The van der Waals surface area contributed by atoms with Crippen LogP contribution in [-0.2, 0) is 0 Å². The lowest BCUT2D eigenvalue weighted by molar-refractivity contribution is -0.915. The highest BCUT2D eigenvalue weighted by molar-refractivity contribution is 5.63. The first-order chi connectivity index (χ1) is 12.1. The molecular formula is C22H30NO2+. The maximum absolute atomic E-state index is 10.3. The summed E-state index contributed by atoms with van der Waals surface area (Å²) < 4.78 is 5.79. The van der Waals surface area contributed by atoms with Crippen LogP contribution in [0.5, 0.6) is 5.75 Å². The van der Waals surface area contributed by atoms with Crippen LogP contribution in [0.1, 0.15) is 20.3 Å². The normalized spacial score (nSPS) is 24.7. The molecule has 1 aliphatic rings. The van der Waals surface area contributed by atoms with Crippen LogP contribution in [0.2, 0.25) is 0 Å². The number of ether oxygens (including phenoxy) is 1. The van der Waals surface area contributed by atoms with Crippen molar-refractivity contribution in [3.05, 3.63) is 54.6 Å². The summed E-state index contributed by atoms with van der Waals surface area (Å²) in [6, 6.07) is 18.4. The van der Waals surface area contributed by atoms with Crippen molar-refractivity contribution in [1.82, 2.24) is 0 Å². The lowest BCUT2D eigenvalue weighted by Gasteiger charge is -2.33. The quantitative estimate of drug-likeness (QED) is 0.848. The molecule has 3 nitrogen and oxygen atoms in total. The third-order valence-electron chi connectivity index (χ3n) is 5.01. The number of piperidine rings is 1. The summed E-state index contributed by atoms with van der Waals surface area (Å²) in [4.78, 5) is 1.50. The summed E-state index contributed by atoms with van der Waals surface area (Å²) in [6.07, 6.45) is 0.894. The molecule has 134 valence electrons. The first-order valence-electron chi connectivity index (χ1n) is 9.40. The number of likely N-dealkylation sites (tertiary alicyclic amines) is 1. The Hall–Kier alpha value is -1.84. The minimum atomic E-state index is -0.415. The topological polar surface area (TPSA) is 33.9 Å². The Kier molecular flexibility index (Phi) is 6.11. The Labute approximate surface area is 151 Å². The highest BCUT2D eigenvalue weighted by atomic mass is 16.5. The van der Waals surface area contributed by atoms with Crippen molar-refractivity contribution in [2.75, 3.05) is 26.2 Å². The van der Waals surface area contributed by atoms with Crippen molar-refractivity contribution in [3.8, 4) is 16.9 Å². The molecule has 2 N–H and O–H groups in total. The highest BCUT2D eigenvalue weighted by Crippen LogP contribution is 2.22. The largest absolute Gasteiger partial charge is 0.491 e. The number of rotatable bonds is 6. The summed E-state index contributed by atoms with van der Waals surface area (Å²) in [7, 11) is 0. The monoisotopic (exact) mass is 340 g/mol. The fourth-order valence-corrected chi connectivity index (χ4v) is 4.05. The van der Waals surface area contributed by atoms with Gasteiger partial charge in [-0.1, -0.05) is 56.3 Å². The average molecular weight is 340 g/mol. The van der Waals surface area contributed by atoms with Crippen molar-refractivity contribution >= 4 is 0 Å². The van der Waals surface area contributed by atoms with Crippen LogP contribution in [0, 0.1) is 11.8 Å². The van der Waals surface area contributed by atoms with Crippen LogP contribution in [-0.4, -0.2) is 37.5 Å². The van der Waals surface area contributed by atoms with Gasteiger partial charge in [0.05, 0.1) is 13.1 Å². The number of nitrogens with one attached hydrogen (secondary N) is 1. The van der Waals surface area contributed by atoms with E-state index in [0.717, 1.165) is 37.2 Å². The molecule has 1 fully saturated rings. The summed E-state index contributed by atoms with van der Waals surface area (Å²) >= 11 is 0. The van der Waals surface area contributed by atoms with E-state index in [-0.39, 0.29) is 0 Å². The van der Waals surface area contributed by atoms with Crippen LogP contribution < -0.4 is 9.64 Å². The Morgan fingerprint density at radius 2 is 1.56 bits per heavy atom. The smallest absolute Gasteiger partial charge is 0.137 e. The van der Waals surface area contributed by atoms with Crippen molar-refractivity contribution in [2.24, 2.45) is 11.8 Å². The second-order valence-corrected chi connectivity index (χ2v) is 7.66. The molecule has 1 saturated heterocycles. The molecule has 2 aromatic rings. The number of hydrogen-bond donors (Lipinski definition) is 2. The summed E-state index contributed by atoms with van der Waals surface area (Å²) in [5, 5.41) is 10.3. The van der Waals surface area contributed by atoms with Gasteiger partial charge in [0.2, 0.25) is 0 Å². The van der Waals surface area contributed by atoms with E-state index >= 15 is 0 Å². The van der Waals surface area contributed by atoms with Crippen LogP contribution >= 0.6 is 0 Å². The third-order valence-corrected chi connectivity index (χ3v) is 5.01. The van der Waals surface area contributed by atoms with Gasteiger partial charge in [-0.3, -0.25) is 0 Å². The van der Waals surface area contributed by atoms with E-state index in [9.17, 15) is 5.11 Å². The van der Waals surface area contributed by atoms with Gasteiger partial charge in [0.25, 0.3) is 0 Å². The first kappa shape index (κ1) is 18.0. The van der Waals surface area contributed by atoms with Gasteiger partial charge in [-0.25, -0.2) is 0 Å². The van der Waals surface area contributed by atoms with Gasteiger partial charge in [0.1, 0.15) is 25.0 Å². The van der Waals surface area contributed by atoms with E-state index in [0.29, 0.717) is 6.61 Å². The predicted octanol–water partition coefficient (Wildman–Crippen LogP) is 2.65. The Morgan fingerprint density at radius 1 is 0.960 bits per heavy atom. The van der Waals surface area contributed by atoms with E-state index in [4.69, 9.17) is 4.74 Å². The maximum Gasteiger partial charge on any atom is 0.137 e. The van der Waals surface area contributed by atoms with Crippen LogP contribution in [0.3, 0.4) is 0 Å². The fourth-order valence-electron chi connectivity index (χ4n) is 4.05. The molecule has 3 heteroatoms. The van der Waals surface area contributed by atoms with E-state index in [1.165, 1.54) is 22.4 Å². The van der Waals surface area contributed by atoms with Crippen molar-refractivity contribution in [2.45, 2.75) is 26.4 Å². The standard InChI is InChI=1S/C22H29NO2/c1-17-12-18(2)14-23(13-17)15-21(24)16-25-22-10-8-20(9-11-22)19-6-4-3-5-7-19/h3-11,17-18,21,24H,12-16H2,1-2H3/p+1/t17-,18+,21-/m0/s1. The second kappa shape index (κ2) is 8.50. The zero-order valence-corrected chi connectivity index (χ0v) is 15.3. The molecule has 4 atom stereocenters. The van der Waals surface area contributed by atoms with E-state index in [1.807, 2.05) is 30.3 Å². The molecule has 1 heterocycles. The third kappa shape index (κ3) is 5.32. The van der Waals surface area contributed by atoms with Crippen molar-refractivity contribution < 1.29 is 14.7 Å². The average Bonchev–Trinajstić information content (AvgIpc) is 2.60. The van der Waals surface area contributed by atoms with E-state index in [2.05, 4.69) is 38.1 Å². The van der Waals surface area contributed by atoms with Crippen LogP contribution in [0.4, 0.5) is 0 Å². The number of aliphatic hydroxyl groups excluding tert-OH is 1. The lowest BCUT2D eigenvalue weighted by Crippen LogP contribution is -3.15. The molecule has 0 spiro atoms. The number of aliphatic hydroxyl groups is 1. The zero-order chi connectivity index (χ0) is 17.6. The van der Waals surface area contributed by atoms with Gasteiger partial charge in [0.15, 0.2) is 0 Å². The molecule has 3 rings (SSSR count). The number of hydrogen-bond acceptors (Lipinski definition) is 2. The van der Waals surface area contributed by atoms with Gasteiger partial charge in [-0.05, 0) is 29.7 Å².